The number of likely N-dealkylation sites (tertiary alicyclic amines) is 1. The Balaban J connectivity index is 2.25. The zero-order chi connectivity index (χ0) is 16.1. The van der Waals surface area contributed by atoms with Crippen LogP contribution in [0, 0.1) is 17.2 Å². The molecule has 1 aliphatic heterocycles. The number of rotatable bonds is 5. The Labute approximate surface area is 129 Å². The fourth-order valence-electron chi connectivity index (χ4n) is 2.50. The SMILES string of the molecule is COc1ccc(C(=O)[C@H](C#N)C(=O)N2CCCC2)cc1OC. The molecule has 6 heteroatoms. The standard InChI is InChI=1S/C16H18N2O4/c1-21-13-6-5-11(9-14(13)22-2)15(19)12(10-17)16(20)18-7-3-4-8-18/h5-6,9,12H,3-4,7-8H2,1-2H3/t12-/m0/s1. The third-order valence-corrected chi connectivity index (χ3v) is 3.72. The second-order valence-corrected chi connectivity index (χ2v) is 5.03. The number of carbonyl (C=O) groups excluding carboxylic acids is 2. The Morgan fingerprint density at radius 1 is 1.18 bits per heavy atom. The molecule has 1 saturated heterocycles. The second-order valence-electron chi connectivity index (χ2n) is 5.03. The van der Waals surface area contributed by atoms with Crippen LogP contribution in [0.15, 0.2) is 18.2 Å². The van der Waals surface area contributed by atoms with Crippen LogP contribution in [0.2, 0.25) is 0 Å². The number of nitrogens with zero attached hydrogens (tertiary/aromatic N) is 2. The molecule has 0 saturated carbocycles. The van der Waals surface area contributed by atoms with Gasteiger partial charge >= 0.3 is 0 Å². The lowest BCUT2D eigenvalue weighted by Gasteiger charge is -2.18. The van der Waals surface area contributed by atoms with Crippen molar-refractivity contribution in [3.8, 4) is 17.6 Å². The van der Waals surface area contributed by atoms with E-state index < -0.39 is 17.6 Å². The predicted octanol–water partition coefficient (Wildman–Crippen LogP) is 1.65. The Morgan fingerprint density at radius 2 is 1.82 bits per heavy atom. The fraction of sp³-hybridized carbons (Fsp3) is 0.438. The third kappa shape index (κ3) is 3.03. The number of ketones is 1. The molecule has 1 aromatic rings. The molecule has 6 nitrogen and oxygen atoms in total. The number of Topliss-reactive ketones (excluding diaryl/α,β-unsaturated/α-hetero) is 1. The summed E-state index contributed by atoms with van der Waals surface area (Å²) in [6.07, 6.45) is 1.82. The van der Waals surface area contributed by atoms with E-state index in [1.54, 1.807) is 11.0 Å². The number of nitriles is 1. The van der Waals surface area contributed by atoms with Gasteiger partial charge in [-0.2, -0.15) is 5.26 Å². The van der Waals surface area contributed by atoms with Crippen LogP contribution in [0.5, 0.6) is 11.5 Å². The van der Waals surface area contributed by atoms with Gasteiger partial charge in [-0.1, -0.05) is 0 Å². The molecular weight excluding hydrogens is 284 g/mol. The van der Waals surface area contributed by atoms with Gasteiger partial charge in [-0.25, -0.2) is 0 Å². The highest BCUT2D eigenvalue weighted by atomic mass is 16.5. The number of hydrogen-bond donors (Lipinski definition) is 0. The van der Waals surface area contributed by atoms with E-state index in [0.29, 0.717) is 24.6 Å². The molecule has 0 radical (unpaired) electrons. The lowest BCUT2D eigenvalue weighted by molar-refractivity contribution is -0.131. The number of benzene rings is 1. The molecule has 1 fully saturated rings. The highest BCUT2D eigenvalue weighted by molar-refractivity contribution is 6.12. The van der Waals surface area contributed by atoms with Crippen LogP contribution in [-0.4, -0.2) is 43.9 Å². The summed E-state index contributed by atoms with van der Waals surface area (Å²) in [5.74, 6) is -1.37. The molecule has 1 atom stereocenters. The van der Waals surface area contributed by atoms with E-state index in [-0.39, 0.29) is 5.56 Å². The van der Waals surface area contributed by atoms with E-state index in [1.807, 2.05) is 6.07 Å². The molecule has 1 aliphatic rings. The summed E-state index contributed by atoms with van der Waals surface area (Å²) in [5, 5.41) is 9.24. The Kier molecular flexibility index (Phi) is 4.99. The molecule has 1 heterocycles. The smallest absolute Gasteiger partial charge is 0.247 e. The first kappa shape index (κ1) is 15.8. The normalized spacial score (nSPS) is 15.0. The summed E-state index contributed by atoms with van der Waals surface area (Å²) in [7, 11) is 2.96. The van der Waals surface area contributed by atoms with Crippen LogP contribution < -0.4 is 9.47 Å². The first-order chi connectivity index (χ1) is 10.6. The molecule has 0 N–H and O–H groups in total. The summed E-state index contributed by atoms with van der Waals surface area (Å²) < 4.78 is 10.3. The maximum absolute atomic E-state index is 12.5. The van der Waals surface area contributed by atoms with Crippen LogP contribution in [0.3, 0.4) is 0 Å². The largest absolute Gasteiger partial charge is 0.493 e. The van der Waals surface area contributed by atoms with Crippen LogP contribution in [-0.2, 0) is 4.79 Å². The molecule has 22 heavy (non-hydrogen) atoms. The van der Waals surface area contributed by atoms with Crippen molar-refractivity contribution in [1.29, 1.82) is 5.26 Å². The predicted molar refractivity (Wildman–Crippen MR) is 78.8 cm³/mol. The van der Waals surface area contributed by atoms with Crippen LogP contribution in [0.4, 0.5) is 0 Å². The van der Waals surface area contributed by atoms with Crippen molar-refractivity contribution in [2.45, 2.75) is 12.8 Å². The zero-order valence-electron chi connectivity index (χ0n) is 12.7. The van der Waals surface area contributed by atoms with Gasteiger partial charge in [0.25, 0.3) is 0 Å². The monoisotopic (exact) mass is 302 g/mol. The molecule has 2 rings (SSSR count). The Hall–Kier alpha value is -2.55. The van der Waals surface area contributed by atoms with Crippen molar-refractivity contribution >= 4 is 11.7 Å². The quantitative estimate of drug-likeness (QED) is 0.610. The summed E-state index contributed by atoms with van der Waals surface area (Å²) >= 11 is 0. The van der Waals surface area contributed by atoms with E-state index in [4.69, 9.17) is 9.47 Å². The molecule has 0 unspecified atom stereocenters. The number of carbonyl (C=O) groups is 2. The van der Waals surface area contributed by atoms with Crippen LogP contribution in [0.1, 0.15) is 23.2 Å². The number of methoxy groups -OCH3 is 2. The van der Waals surface area contributed by atoms with E-state index in [1.165, 1.54) is 26.4 Å². The number of ether oxygens (including phenoxy) is 2. The lowest BCUT2D eigenvalue weighted by Crippen LogP contribution is -2.37. The van der Waals surface area contributed by atoms with Gasteiger partial charge in [-0.3, -0.25) is 9.59 Å². The van der Waals surface area contributed by atoms with Crippen molar-refractivity contribution in [1.82, 2.24) is 4.90 Å². The zero-order valence-corrected chi connectivity index (χ0v) is 12.7. The van der Waals surface area contributed by atoms with Gasteiger partial charge in [0.2, 0.25) is 5.91 Å². The maximum atomic E-state index is 12.5. The van der Waals surface area contributed by atoms with E-state index in [0.717, 1.165) is 12.8 Å². The number of amides is 1. The average molecular weight is 302 g/mol. The lowest BCUT2D eigenvalue weighted by atomic mass is 9.97. The maximum Gasteiger partial charge on any atom is 0.247 e. The summed E-state index contributed by atoms with van der Waals surface area (Å²) in [5.41, 5.74) is 0.261. The van der Waals surface area contributed by atoms with Gasteiger partial charge in [-0.15, -0.1) is 0 Å². The minimum absolute atomic E-state index is 0.261. The van der Waals surface area contributed by atoms with Crippen LogP contribution >= 0.6 is 0 Å². The van der Waals surface area contributed by atoms with Crippen molar-refractivity contribution < 1.29 is 19.1 Å². The fourth-order valence-corrected chi connectivity index (χ4v) is 2.50. The van der Waals surface area contributed by atoms with Gasteiger partial charge in [0, 0.05) is 18.7 Å². The summed E-state index contributed by atoms with van der Waals surface area (Å²) in [6.45, 7) is 1.21. The van der Waals surface area contributed by atoms with Gasteiger partial charge in [0.1, 0.15) is 0 Å². The molecule has 0 aromatic heterocycles. The first-order valence-electron chi connectivity index (χ1n) is 7.07. The van der Waals surface area contributed by atoms with Crippen molar-refractivity contribution in [3.63, 3.8) is 0 Å². The second kappa shape index (κ2) is 6.94. The van der Waals surface area contributed by atoms with Crippen molar-refractivity contribution in [2.24, 2.45) is 5.92 Å². The third-order valence-electron chi connectivity index (χ3n) is 3.72. The minimum atomic E-state index is -1.31. The summed E-state index contributed by atoms with van der Waals surface area (Å²) in [4.78, 5) is 26.3. The Morgan fingerprint density at radius 3 is 2.36 bits per heavy atom. The molecule has 1 amide bonds. The molecule has 1 aromatic carbocycles. The Bertz CT molecular complexity index is 615. The van der Waals surface area contributed by atoms with Gasteiger partial charge < -0.3 is 14.4 Å². The van der Waals surface area contributed by atoms with Gasteiger partial charge in [0.15, 0.2) is 23.2 Å². The number of hydrogen-bond acceptors (Lipinski definition) is 5. The van der Waals surface area contributed by atoms with Gasteiger partial charge in [0.05, 0.1) is 20.3 Å². The van der Waals surface area contributed by atoms with Crippen LogP contribution in [0.25, 0.3) is 0 Å². The topological polar surface area (TPSA) is 79.6 Å². The summed E-state index contributed by atoms with van der Waals surface area (Å²) in [6, 6.07) is 6.44. The van der Waals surface area contributed by atoms with Crippen molar-refractivity contribution in [3.05, 3.63) is 23.8 Å². The molecule has 0 bridgehead atoms. The first-order valence-corrected chi connectivity index (χ1v) is 7.07. The molecule has 0 aliphatic carbocycles. The van der Waals surface area contributed by atoms with E-state index >= 15 is 0 Å². The van der Waals surface area contributed by atoms with E-state index in [2.05, 4.69) is 0 Å². The van der Waals surface area contributed by atoms with E-state index in [9.17, 15) is 14.9 Å². The minimum Gasteiger partial charge on any atom is -0.493 e. The highest BCUT2D eigenvalue weighted by Gasteiger charge is 2.33. The highest BCUT2D eigenvalue weighted by Crippen LogP contribution is 2.28. The van der Waals surface area contributed by atoms with Crippen molar-refractivity contribution in [2.75, 3.05) is 27.3 Å². The molecular formula is C16H18N2O4. The molecule has 116 valence electrons. The molecule has 0 spiro atoms. The average Bonchev–Trinajstić information content (AvgIpc) is 3.09. The van der Waals surface area contributed by atoms with Gasteiger partial charge in [-0.05, 0) is 31.0 Å².